The van der Waals surface area contributed by atoms with Crippen LogP contribution in [0.2, 0.25) is 0 Å². The summed E-state index contributed by atoms with van der Waals surface area (Å²) < 4.78 is 11.7. The van der Waals surface area contributed by atoms with Crippen LogP contribution in [0.1, 0.15) is 84.1 Å². The summed E-state index contributed by atoms with van der Waals surface area (Å²) in [5, 5.41) is 1.02. The number of aldehydes is 1. The number of carbonyl (C=O) groups excluding carboxylic acids is 1. The molecule has 52 heavy (non-hydrogen) atoms. The Kier molecular flexibility index (Phi) is 9.53. The van der Waals surface area contributed by atoms with Gasteiger partial charge in [0.05, 0.1) is 18.9 Å². The molecular weight excluding hydrogens is 647 g/mol. The lowest BCUT2D eigenvalue weighted by Gasteiger charge is -2.58. The van der Waals surface area contributed by atoms with Crippen molar-refractivity contribution in [3.63, 3.8) is 0 Å². The molecule has 3 fully saturated rings. The van der Waals surface area contributed by atoms with E-state index < -0.39 is 0 Å². The molecule has 0 radical (unpaired) electrons. The molecular formula is C44H51N5O3. The van der Waals surface area contributed by atoms with Gasteiger partial charge in [-0.15, -0.1) is 0 Å². The molecule has 4 heterocycles. The Labute approximate surface area is 307 Å². The van der Waals surface area contributed by atoms with Gasteiger partial charge >= 0.3 is 0 Å². The van der Waals surface area contributed by atoms with Crippen molar-refractivity contribution in [3.8, 4) is 17.2 Å². The van der Waals surface area contributed by atoms with E-state index in [0.717, 1.165) is 73.6 Å². The normalized spacial score (nSPS) is 19.6. The maximum Gasteiger partial charge on any atom is 0.153 e. The highest BCUT2D eigenvalue weighted by molar-refractivity contribution is 5.82. The maximum absolute atomic E-state index is 12.0. The molecule has 2 saturated heterocycles. The van der Waals surface area contributed by atoms with Crippen molar-refractivity contribution < 1.29 is 14.3 Å². The van der Waals surface area contributed by atoms with Gasteiger partial charge in [-0.1, -0.05) is 50.2 Å². The number of fused-ring (bicyclic) bond motifs is 1. The summed E-state index contributed by atoms with van der Waals surface area (Å²) in [6, 6.07) is 26.7. The summed E-state index contributed by atoms with van der Waals surface area (Å²) in [5.74, 6) is 2.60. The standard InChI is InChI=1S/C44H51N5O3/c1-30(2)38-7-5-6-8-39(38)41-28-47(27-32-9-13-36(51-4)14-10-32)19-20-49(41)35-23-44(24-35)15-17-48(18-16-44)34-12-11-33(29-50)42(21-34)52-37-22-40-31(3)25-45-43(40)46-26-37/h5-14,21-22,25-26,29-30,35,41H,15-20,23-24,27-28H2,1-4H3,(H,45,46). The third kappa shape index (κ3) is 6.82. The first-order chi connectivity index (χ1) is 25.3. The number of H-pyrrole nitrogens is 1. The lowest BCUT2D eigenvalue weighted by Crippen LogP contribution is -2.60. The Hall–Kier alpha value is -4.66. The number of nitrogens with one attached hydrogen (secondary N) is 1. The number of nitrogens with zero attached hydrogens (tertiary/aromatic N) is 4. The molecule has 3 aromatic carbocycles. The van der Waals surface area contributed by atoms with Crippen molar-refractivity contribution in [1.82, 2.24) is 19.8 Å². The molecule has 2 aromatic heterocycles. The van der Waals surface area contributed by atoms with E-state index in [-0.39, 0.29) is 0 Å². The van der Waals surface area contributed by atoms with Crippen LogP contribution in [-0.4, -0.2) is 71.9 Å². The summed E-state index contributed by atoms with van der Waals surface area (Å²) in [6.07, 6.45) is 9.45. The summed E-state index contributed by atoms with van der Waals surface area (Å²) in [5.41, 5.74) is 8.32. The molecule has 2 aliphatic heterocycles. The average Bonchev–Trinajstić information content (AvgIpc) is 3.53. The number of piperazine rings is 1. The van der Waals surface area contributed by atoms with Gasteiger partial charge in [-0.25, -0.2) is 4.98 Å². The molecule has 5 aromatic rings. The largest absolute Gasteiger partial charge is 0.497 e. The SMILES string of the molecule is COc1ccc(CN2CCN(C3CC4(CCN(c5ccc(C=O)c(Oc6cnc7[nH]cc(C)c7c6)c5)CC4)C3)C(c3ccccc3C(C)C)C2)cc1. The van der Waals surface area contributed by atoms with Gasteiger partial charge in [-0.3, -0.25) is 14.6 Å². The van der Waals surface area contributed by atoms with Crippen molar-refractivity contribution in [1.29, 1.82) is 0 Å². The van der Waals surface area contributed by atoms with Crippen LogP contribution in [0.25, 0.3) is 11.0 Å². The van der Waals surface area contributed by atoms with Gasteiger partial charge in [0.15, 0.2) is 6.29 Å². The topological polar surface area (TPSA) is 73.9 Å². The molecule has 1 saturated carbocycles. The Morgan fingerprint density at radius 2 is 1.75 bits per heavy atom. The molecule has 270 valence electrons. The Morgan fingerprint density at radius 1 is 0.962 bits per heavy atom. The molecule has 1 N–H and O–H groups in total. The average molecular weight is 698 g/mol. The van der Waals surface area contributed by atoms with Crippen LogP contribution in [0.4, 0.5) is 5.69 Å². The van der Waals surface area contributed by atoms with Crippen LogP contribution < -0.4 is 14.4 Å². The number of pyridine rings is 1. The molecule has 0 amide bonds. The van der Waals surface area contributed by atoms with Crippen molar-refractivity contribution in [2.24, 2.45) is 5.41 Å². The summed E-state index contributed by atoms with van der Waals surface area (Å²) in [4.78, 5) is 27.7. The van der Waals surface area contributed by atoms with Crippen LogP contribution in [0.5, 0.6) is 17.2 Å². The molecule has 8 heteroatoms. The predicted octanol–water partition coefficient (Wildman–Crippen LogP) is 8.92. The van der Waals surface area contributed by atoms with Gasteiger partial charge in [0, 0.05) is 74.7 Å². The number of rotatable bonds is 10. The fourth-order valence-electron chi connectivity index (χ4n) is 9.07. The molecule has 8 rings (SSSR count). The smallest absolute Gasteiger partial charge is 0.153 e. The molecule has 1 unspecified atom stereocenters. The number of aromatic nitrogens is 2. The van der Waals surface area contributed by atoms with E-state index in [1.54, 1.807) is 13.3 Å². The first-order valence-electron chi connectivity index (χ1n) is 19.0. The van der Waals surface area contributed by atoms with Gasteiger partial charge in [0.1, 0.15) is 22.9 Å². The van der Waals surface area contributed by atoms with Crippen molar-refractivity contribution in [3.05, 3.63) is 113 Å². The van der Waals surface area contributed by atoms with Gasteiger partial charge < -0.3 is 19.4 Å². The Balaban J connectivity index is 0.939. The highest BCUT2D eigenvalue weighted by Crippen LogP contribution is 2.53. The number of hydrogen-bond donors (Lipinski definition) is 1. The van der Waals surface area contributed by atoms with Gasteiger partial charge in [-0.05, 0) is 96.5 Å². The number of piperidine rings is 1. The monoisotopic (exact) mass is 697 g/mol. The third-order valence-electron chi connectivity index (χ3n) is 12.1. The minimum absolute atomic E-state index is 0.389. The first kappa shape index (κ1) is 34.4. The number of methoxy groups -OCH3 is 1. The van der Waals surface area contributed by atoms with Gasteiger partial charge in [0.25, 0.3) is 0 Å². The summed E-state index contributed by atoms with van der Waals surface area (Å²) in [7, 11) is 1.73. The molecule has 8 nitrogen and oxygen atoms in total. The van der Waals surface area contributed by atoms with Crippen molar-refractivity contribution >= 4 is 23.0 Å². The zero-order valence-electron chi connectivity index (χ0n) is 31.0. The van der Waals surface area contributed by atoms with E-state index >= 15 is 0 Å². The van der Waals surface area contributed by atoms with Gasteiger partial charge in [0.2, 0.25) is 0 Å². The van der Waals surface area contributed by atoms with Crippen molar-refractivity contribution in [2.75, 3.05) is 44.7 Å². The summed E-state index contributed by atoms with van der Waals surface area (Å²) in [6.45, 7) is 12.9. The number of anilines is 1. The minimum Gasteiger partial charge on any atom is -0.497 e. The number of aryl methyl sites for hydroxylation is 1. The molecule has 3 aliphatic rings. The van der Waals surface area contributed by atoms with Crippen LogP contribution >= 0.6 is 0 Å². The fourth-order valence-corrected chi connectivity index (χ4v) is 9.07. The number of aromatic amines is 1. The third-order valence-corrected chi connectivity index (χ3v) is 12.1. The second-order valence-corrected chi connectivity index (χ2v) is 15.7. The fraction of sp³-hybridized carbons (Fsp3) is 0.409. The first-order valence-corrected chi connectivity index (χ1v) is 19.0. The number of ether oxygens (including phenoxy) is 2. The Bertz CT molecular complexity index is 2020. The quantitative estimate of drug-likeness (QED) is 0.146. The molecule has 1 aliphatic carbocycles. The van der Waals surface area contributed by atoms with Crippen LogP contribution in [0.15, 0.2) is 85.2 Å². The van der Waals surface area contributed by atoms with Crippen LogP contribution in [0.3, 0.4) is 0 Å². The zero-order chi connectivity index (χ0) is 35.8. The second kappa shape index (κ2) is 14.4. The zero-order valence-corrected chi connectivity index (χ0v) is 31.0. The number of carbonyl (C=O) groups is 1. The lowest BCUT2D eigenvalue weighted by atomic mass is 9.59. The van der Waals surface area contributed by atoms with E-state index in [4.69, 9.17) is 9.47 Å². The van der Waals surface area contributed by atoms with E-state index in [9.17, 15) is 4.79 Å². The number of hydrogen-bond acceptors (Lipinski definition) is 7. The molecule has 1 spiro atoms. The molecule has 1 atom stereocenters. The Morgan fingerprint density at radius 3 is 2.50 bits per heavy atom. The lowest BCUT2D eigenvalue weighted by molar-refractivity contribution is -0.0628. The highest BCUT2D eigenvalue weighted by Gasteiger charge is 2.50. The van der Waals surface area contributed by atoms with Crippen molar-refractivity contribution in [2.45, 2.75) is 71.0 Å². The molecule has 0 bridgehead atoms. The van der Waals surface area contributed by atoms with E-state index in [1.807, 2.05) is 31.3 Å². The van der Waals surface area contributed by atoms with E-state index in [1.165, 1.54) is 42.4 Å². The van der Waals surface area contributed by atoms with Gasteiger partial charge in [-0.2, -0.15) is 0 Å². The summed E-state index contributed by atoms with van der Waals surface area (Å²) >= 11 is 0. The number of benzene rings is 3. The van der Waals surface area contributed by atoms with E-state index in [2.05, 4.69) is 93.1 Å². The van der Waals surface area contributed by atoms with E-state index in [0.29, 0.717) is 40.5 Å². The highest BCUT2D eigenvalue weighted by atomic mass is 16.5. The van der Waals surface area contributed by atoms with Crippen LogP contribution in [-0.2, 0) is 6.54 Å². The van der Waals surface area contributed by atoms with Crippen LogP contribution in [0, 0.1) is 12.3 Å². The minimum atomic E-state index is 0.389. The maximum atomic E-state index is 12.0. The second-order valence-electron chi connectivity index (χ2n) is 15.7. The predicted molar refractivity (Wildman–Crippen MR) is 208 cm³/mol.